The second-order valence-corrected chi connectivity index (χ2v) is 8.80. The van der Waals surface area contributed by atoms with Crippen molar-refractivity contribution in [1.29, 1.82) is 0 Å². The van der Waals surface area contributed by atoms with Gasteiger partial charge in [0.2, 0.25) is 11.8 Å². The van der Waals surface area contributed by atoms with Gasteiger partial charge in [-0.3, -0.25) is 9.59 Å². The van der Waals surface area contributed by atoms with Crippen molar-refractivity contribution in [3.8, 4) is 0 Å². The second-order valence-electron chi connectivity index (χ2n) is 8.80. The molecular formula is C21H28F3N5O2. The number of rotatable bonds is 2. The van der Waals surface area contributed by atoms with Gasteiger partial charge in [0.05, 0.1) is 0 Å². The van der Waals surface area contributed by atoms with Crippen LogP contribution in [0.2, 0.25) is 0 Å². The van der Waals surface area contributed by atoms with Crippen molar-refractivity contribution in [2.75, 3.05) is 39.8 Å². The van der Waals surface area contributed by atoms with Gasteiger partial charge in [-0.25, -0.2) is 9.97 Å². The Hall–Kier alpha value is -2.23. The van der Waals surface area contributed by atoms with E-state index in [-0.39, 0.29) is 29.6 Å². The number of amides is 2. The van der Waals surface area contributed by atoms with Crippen molar-refractivity contribution >= 4 is 11.8 Å². The zero-order chi connectivity index (χ0) is 22.3. The van der Waals surface area contributed by atoms with Crippen LogP contribution in [0, 0.1) is 12.8 Å². The van der Waals surface area contributed by atoms with Gasteiger partial charge in [0, 0.05) is 49.9 Å². The molecule has 2 saturated heterocycles. The Labute approximate surface area is 179 Å². The lowest BCUT2D eigenvalue weighted by Gasteiger charge is -2.37. The molecule has 3 heterocycles. The molecule has 1 aliphatic carbocycles. The first kappa shape index (κ1) is 22.0. The van der Waals surface area contributed by atoms with Crippen LogP contribution in [0.15, 0.2) is 0 Å². The monoisotopic (exact) mass is 439 g/mol. The van der Waals surface area contributed by atoms with Gasteiger partial charge in [-0.15, -0.1) is 0 Å². The molecule has 2 atom stereocenters. The van der Waals surface area contributed by atoms with Gasteiger partial charge in [0.25, 0.3) is 0 Å². The summed E-state index contributed by atoms with van der Waals surface area (Å²) in [5, 5.41) is 0. The van der Waals surface area contributed by atoms with Crippen LogP contribution in [-0.4, -0.2) is 82.3 Å². The summed E-state index contributed by atoms with van der Waals surface area (Å²) in [6.45, 7) is 4.79. The van der Waals surface area contributed by atoms with E-state index in [1.165, 1.54) is 6.92 Å². The molecule has 0 bridgehead atoms. The summed E-state index contributed by atoms with van der Waals surface area (Å²) in [5.74, 6) is -0.747. The molecule has 0 aromatic carbocycles. The molecule has 4 rings (SSSR count). The minimum atomic E-state index is -4.59. The number of carbonyl (C=O) groups excluding carboxylic acids is 2. The number of likely N-dealkylation sites (tertiary alicyclic amines) is 1. The zero-order valence-corrected chi connectivity index (χ0v) is 17.9. The largest absolute Gasteiger partial charge is 0.433 e. The average molecular weight is 439 g/mol. The van der Waals surface area contributed by atoms with Crippen molar-refractivity contribution in [3.63, 3.8) is 0 Å². The van der Waals surface area contributed by atoms with Crippen LogP contribution in [0.5, 0.6) is 0 Å². The minimum absolute atomic E-state index is 0.0313. The molecule has 170 valence electrons. The van der Waals surface area contributed by atoms with E-state index in [9.17, 15) is 22.8 Å². The Bertz CT molecular complexity index is 867. The SMILES string of the molecule is Cc1nc2c(c(C(F)(F)F)n1)C[C@H](C(=O)N1CCC[C@@H]1C(=O)N1CCN(C)CC1)CC2. The van der Waals surface area contributed by atoms with Crippen LogP contribution in [0.4, 0.5) is 13.2 Å². The molecular weight excluding hydrogens is 411 g/mol. The lowest BCUT2D eigenvalue weighted by atomic mass is 9.84. The molecule has 0 radical (unpaired) electrons. The molecule has 1 aromatic rings. The average Bonchev–Trinajstić information content (AvgIpc) is 3.21. The molecule has 2 aliphatic heterocycles. The molecule has 0 spiro atoms. The molecule has 0 unspecified atom stereocenters. The number of fused-ring (bicyclic) bond motifs is 1. The summed E-state index contributed by atoms with van der Waals surface area (Å²) >= 11 is 0. The number of carbonyl (C=O) groups is 2. The van der Waals surface area contributed by atoms with E-state index in [0.717, 1.165) is 19.5 Å². The van der Waals surface area contributed by atoms with Crippen LogP contribution in [0.1, 0.15) is 42.0 Å². The van der Waals surface area contributed by atoms with Crippen LogP contribution >= 0.6 is 0 Å². The summed E-state index contributed by atoms with van der Waals surface area (Å²) in [6.07, 6.45) is -2.54. The first-order chi connectivity index (χ1) is 14.6. The van der Waals surface area contributed by atoms with Crippen LogP contribution in [-0.2, 0) is 28.6 Å². The summed E-state index contributed by atoms with van der Waals surface area (Å²) in [6, 6.07) is -0.506. The summed E-state index contributed by atoms with van der Waals surface area (Å²) < 4.78 is 40.6. The molecule has 0 N–H and O–H groups in total. The summed E-state index contributed by atoms with van der Waals surface area (Å²) in [5.41, 5.74) is -0.516. The number of hydrogen-bond donors (Lipinski definition) is 0. The number of aromatic nitrogens is 2. The fraction of sp³-hybridized carbons (Fsp3) is 0.714. The first-order valence-electron chi connectivity index (χ1n) is 10.9. The van der Waals surface area contributed by atoms with Gasteiger partial charge in [-0.05, 0) is 46.1 Å². The third-order valence-electron chi connectivity index (χ3n) is 6.64. The van der Waals surface area contributed by atoms with Gasteiger partial charge in [0.15, 0.2) is 5.69 Å². The number of piperazine rings is 1. The molecule has 31 heavy (non-hydrogen) atoms. The fourth-order valence-electron chi connectivity index (χ4n) is 4.94. The highest BCUT2D eigenvalue weighted by Crippen LogP contribution is 2.37. The molecule has 7 nitrogen and oxygen atoms in total. The first-order valence-corrected chi connectivity index (χ1v) is 10.9. The van der Waals surface area contributed by atoms with E-state index in [4.69, 9.17) is 0 Å². The van der Waals surface area contributed by atoms with Crippen molar-refractivity contribution < 1.29 is 22.8 Å². The van der Waals surface area contributed by atoms with Gasteiger partial charge in [0.1, 0.15) is 11.9 Å². The van der Waals surface area contributed by atoms with Crippen LogP contribution in [0.25, 0.3) is 0 Å². The van der Waals surface area contributed by atoms with E-state index in [1.54, 1.807) is 4.90 Å². The number of halogens is 3. The van der Waals surface area contributed by atoms with E-state index in [0.29, 0.717) is 44.6 Å². The normalized spacial score (nSPS) is 24.9. The predicted octanol–water partition coefficient (Wildman–Crippen LogP) is 1.67. The van der Waals surface area contributed by atoms with Crippen LogP contribution < -0.4 is 0 Å². The Morgan fingerprint density at radius 1 is 1.00 bits per heavy atom. The van der Waals surface area contributed by atoms with Gasteiger partial charge in [-0.2, -0.15) is 13.2 Å². The number of likely N-dealkylation sites (N-methyl/N-ethyl adjacent to an activating group) is 1. The minimum Gasteiger partial charge on any atom is -0.338 e. The van der Waals surface area contributed by atoms with Crippen molar-refractivity contribution in [2.45, 2.75) is 51.2 Å². The van der Waals surface area contributed by atoms with Crippen LogP contribution in [0.3, 0.4) is 0 Å². The maximum Gasteiger partial charge on any atom is 0.433 e. The Balaban J connectivity index is 1.51. The Morgan fingerprint density at radius 3 is 2.39 bits per heavy atom. The predicted molar refractivity (Wildman–Crippen MR) is 106 cm³/mol. The van der Waals surface area contributed by atoms with E-state index >= 15 is 0 Å². The molecule has 3 aliphatic rings. The molecule has 2 fully saturated rings. The molecule has 2 amide bonds. The maximum absolute atomic E-state index is 13.5. The third kappa shape index (κ3) is 4.40. The standard InChI is InChI=1S/C21H28F3N5O2/c1-13-25-16-6-5-14(12-15(16)18(26-13)21(22,23)24)19(30)29-7-3-4-17(29)20(31)28-10-8-27(2)9-11-28/h14,17H,3-12H2,1-2H3/t14-,17-/m1/s1. The fourth-order valence-corrected chi connectivity index (χ4v) is 4.94. The highest BCUT2D eigenvalue weighted by atomic mass is 19.4. The number of alkyl halides is 3. The summed E-state index contributed by atoms with van der Waals surface area (Å²) in [7, 11) is 2.01. The smallest absolute Gasteiger partial charge is 0.338 e. The number of aryl methyl sites for hydroxylation is 2. The number of hydrogen-bond acceptors (Lipinski definition) is 5. The Kier molecular flexibility index (Phi) is 5.93. The molecule has 10 heteroatoms. The van der Waals surface area contributed by atoms with E-state index in [1.807, 2.05) is 11.9 Å². The maximum atomic E-state index is 13.5. The topological polar surface area (TPSA) is 69.6 Å². The van der Waals surface area contributed by atoms with Crippen molar-refractivity contribution in [2.24, 2.45) is 5.92 Å². The number of nitrogens with zero attached hydrogens (tertiary/aromatic N) is 5. The zero-order valence-electron chi connectivity index (χ0n) is 17.9. The molecule has 1 aromatic heterocycles. The Morgan fingerprint density at radius 2 is 1.71 bits per heavy atom. The van der Waals surface area contributed by atoms with Crippen molar-refractivity contribution in [1.82, 2.24) is 24.7 Å². The van der Waals surface area contributed by atoms with E-state index in [2.05, 4.69) is 14.9 Å². The summed E-state index contributed by atoms with van der Waals surface area (Å²) in [4.78, 5) is 39.8. The second kappa shape index (κ2) is 8.37. The lowest BCUT2D eigenvalue weighted by molar-refractivity contribution is -0.147. The van der Waals surface area contributed by atoms with Crippen molar-refractivity contribution in [3.05, 3.63) is 22.8 Å². The lowest BCUT2D eigenvalue weighted by Crippen LogP contribution is -2.54. The quantitative estimate of drug-likeness (QED) is 0.701. The van der Waals surface area contributed by atoms with Gasteiger partial charge < -0.3 is 14.7 Å². The van der Waals surface area contributed by atoms with Gasteiger partial charge in [-0.1, -0.05) is 0 Å². The molecule has 0 saturated carbocycles. The van der Waals surface area contributed by atoms with Gasteiger partial charge >= 0.3 is 6.18 Å². The highest BCUT2D eigenvalue weighted by Gasteiger charge is 2.43. The van der Waals surface area contributed by atoms with E-state index < -0.39 is 23.8 Å². The highest BCUT2D eigenvalue weighted by molar-refractivity contribution is 5.89. The third-order valence-corrected chi connectivity index (χ3v) is 6.64.